The van der Waals surface area contributed by atoms with Crippen LogP contribution in [0.25, 0.3) is 0 Å². The lowest BCUT2D eigenvalue weighted by atomic mass is 10.1. The average Bonchev–Trinajstić information content (AvgIpc) is 2.71. The van der Waals surface area contributed by atoms with E-state index >= 15 is 0 Å². The van der Waals surface area contributed by atoms with Crippen LogP contribution in [0.2, 0.25) is 0 Å². The molecule has 2 aromatic carbocycles. The molecule has 2 rings (SSSR count). The van der Waals surface area contributed by atoms with Crippen LogP contribution in [0.1, 0.15) is 55.9 Å². The number of nitrogens with one attached hydrogen (secondary N) is 1. The van der Waals surface area contributed by atoms with Gasteiger partial charge >= 0.3 is 0 Å². The van der Waals surface area contributed by atoms with Gasteiger partial charge in [0.1, 0.15) is 11.8 Å². The van der Waals surface area contributed by atoms with Gasteiger partial charge in [-0.25, -0.2) is 0 Å². The number of carbonyl (C=O) groups is 2. The normalized spacial score (nSPS) is 12.7. The Hall–Kier alpha value is -2.82. The van der Waals surface area contributed by atoms with Gasteiger partial charge < -0.3 is 15.0 Å². The van der Waals surface area contributed by atoms with Gasteiger partial charge in [-0.05, 0) is 69.4 Å². The quantitative estimate of drug-likeness (QED) is 0.601. The molecule has 2 atom stereocenters. The van der Waals surface area contributed by atoms with Gasteiger partial charge in [0.25, 0.3) is 5.91 Å². The molecule has 0 saturated carbocycles. The molecule has 0 bridgehead atoms. The van der Waals surface area contributed by atoms with E-state index in [-0.39, 0.29) is 24.5 Å². The van der Waals surface area contributed by atoms with Gasteiger partial charge in [0.15, 0.2) is 6.61 Å². The molecule has 0 heterocycles. The Bertz CT molecular complexity index is 874. The molecule has 168 valence electrons. The van der Waals surface area contributed by atoms with Crippen LogP contribution in [-0.2, 0) is 16.1 Å². The summed E-state index contributed by atoms with van der Waals surface area (Å²) in [5, 5.41) is 3.03. The summed E-state index contributed by atoms with van der Waals surface area (Å²) in [6.45, 7) is 12.2. The molecule has 0 radical (unpaired) electrons. The largest absolute Gasteiger partial charge is 0.484 e. The third-order valence-corrected chi connectivity index (χ3v) is 5.38. The first-order chi connectivity index (χ1) is 14.7. The second-order valence-corrected chi connectivity index (χ2v) is 8.36. The predicted molar refractivity (Wildman–Crippen MR) is 125 cm³/mol. The van der Waals surface area contributed by atoms with Crippen LogP contribution in [0.5, 0.6) is 5.75 Å². The first kappa shape index (κ1) is 24.4. The van der Waals surface area contributed by atoms with Gasteiger partial charge in [-0.15, -0.1) is 0 Å². The number of benzene rings is 2. The van der Waals surface area contributed by atoms with Gasteiger partial charge in [0, 0.05) is 12.6 Å². The van der Waals surface area contributed by atoms with Gasteiger partial charge in [0.2, 0.25) is 5.91 Å². The topological polar surface area (TPSA) is 58.6 Å². The molecule has 31 heavy (non-hydrogen) atoms. The number of amides is 2. The lowest BCUT2D eigenvalue weighted by Crippen LogP contribution is -2.51. The van der Waals surface area contributed by atoms with E-state index in [0.29, 0.717) is 18.7 Å². The SMILES string of the molecule is CCC(C)NC(=O)C(CC)N(Cc1cccc(C)c1)C(=O)COc1cc(C)cc(C)c1. The highest BCUT2D eigenvalue weighted by Gasteiger charge is 2.29. The molecule has 0 fully saturated rings. The zero-order valence-corrected chi connectivity index (χ0v) is 19.7. The monoisotopic (exact) mass is 424 g/mol. The molecular formula is C26H36N2O3. The van der Waals surface area contributed by atoms with Crippen molar-refractivity contribution in [3.8, 4) is 5.75 Å². The van der Waals surface area contributed by atoms with Crippen LogP contribution in [0.3, 0.4) is 0 Å². The first-order valence-electron chi connectivity index (χ1n) is 11.1. The average molecular weight is 425 g/mol. The molecule has 0 aliphatic carbocycles. The highest BCUT2D eigenvalue weighted by Crippen LogP contribution is 2.18. The minimum Gasteiger partial charge on any atom is -0.484 e. The minimum atomic E-state index is -0.551. The number of nitrogens with zero attached hydrogens (tertiary/aromatic N) is 1. The van der Waals surface area contributed by atoms with E-state index in [1.54, 1.807) is 4.90 Å². The molecule has 2 unspecified atom stereocenters. The van der Waals surface area contributed by atoms with Crippen LogP contribution < -0.4 is 10.1 Å². The first-order valence-corrected chi connectivity index (χ1v) is 11.1. The van der Waals surface area contributed by atoms with Gasteiger partial charge in [-0.1, -0.05) is 49.7 Å². The third kappa shape index (κ3) is 7.42. The summed E-state index contributed by atoms with van der Waals surface area (Å²) in [6.07, 6.45) is 1.37. The molecule has 0 aliphatic rings. The van der Waals surface area contributed by atoms with E-state index in [1.807, 2.05) is 77.9 Å². The molecule has 0 spiro atoms. The maximum Gasteiger partial charge on any atom is 0.261 e. The summed E-state index contributed by atoms with van der Waals surface area (Å²) in [4.78, 5) is 27.9. The molecule has 2 aromatic rings. The van der Waals surface area contributed by atoms with Crippen molar-refractivity contribution in [3.63, 3.8) is 0 Å². The van der Waals surface area contributed by atoms with Gasteiger partial charge in [-0.3, -0.25) is 9.59 Å². The lowest BCUT2D eigenvalue weighted by Gasteiger charge is -2.31. The Balaban J connectivity index is 2.23. The Kier molecular flexibility index (Phi) is 9.10. The van der Waals surface area contributed by atoms with Crippen molar-refractivity contribution in [1.82, 2.24) is 10.2 Å². The fourth-order valence-electron chi connectivity index (χ4n) is 3.61. The van der Waals surface area contributed by atoms with Crippen molar-refractivity contribution in [2.75, 3.05) is 6.61 Å². The van der Waals surface area contributed by atoms with E-state index in [1.165, 1.54) is 0 Å². The van der Waals surface area contributed by atoms with Crippen LogP contribution >= 0.6 is 0 Å². The summed E-state index contributed by atoms with van der Waals surface area (Å²) in [5.74, 6) is 0.342. The number of carbonyl (C=O) groups excluding carboxylic acids is 2. The highest BCUT2D eigenvalue weighted by molar-refractivity contribution is 5.88. The van der Waals surface area contributed by atoms with Crippen LogP contribution in [0.15, 0.2) is 42.5 Å². The number of rotatable bonds is 10. The zero-order chi connectivity index (χ0) is 23.0. The van der Waals surface area contributed by atoms with E-state index in [0.717, 1.165) is 28.7 Å². The van der Waals surface area contributed by atoms with Gasteiger partial charge in [-0.2, -0.15) is 0 Å². The van der Waals surface area contributed by atoms with E-state index in [2.05, 4.69) is 11.4 Å². The van der Waals surface area contributed by atoms with Crippen molar-refractivity contribution in [1.29, 1.82) is 0 Å². The Labute approximate surface area is 186 Å². The predicted octanol–water partition coefficient (Wildman–Crippen LogP) is 4.71. The maximum atomic E-state index is 13.3. The van der Waals surface area contributed by atoms with Crippen molar-refractivity contribution in [2.24, 2.45) is 0 Å². The lowest BCUT2D eigenvalue weighted by molar-refractivity contribution is -0.143. The van der Waals surface area contributed by atoms with Crippen molar-refractivity contribution >= 4 is 11.8 Å². The minimum absolute atomic E-state index is 0.0593. The Morgan fingerprint density at radius 3 is 2.23 bits per heavy atom. The maximum absolute atomic E-state index is 13.3. The van der Waals surface area contributed by atoms with E-state index < -0.39 is 6.04 Å². The Morgan fingerprint density at radius 2 is 1.65 bits per heavy atom. The molecule has 0 aromatic heterocycles. The number of ether oxygens (including phenoxy) is 1. The summed E-state index contributed by atoms with van der Waals surface area (Å²) < 4.78 is 5.83. The molecule has 2 amide bonds. The zero-order valence-electron chi connectivity index (χ0n) is 19.7. The second kappa shape index (κ2) is 11.5. The van der Waals surface area contributed by atoms with Gasteiger partial charge in [0.05, 0.1) is 0 Å². The molecule has 0 saturated heterocycles. The standard InChI is InChI=1S/C26H36N2O3/c1-7-21(6)27-26(30)24(8-2)28(16-22-11-9-10-18(3)13-22)25(29)17-31-23-14-19(4)12-20(5)15-23/h9-15,21,24H,7-8,16-17H2,1-6H3,(H,27,30). The molecule has 1 N–H and O–H groups in total. The van der Waals surface area contributed by atoms with Crippen molar-refractivity contribution in [2.45, 2.75) is 73.0 Å². The second-order valence-electron chi connectivity index (χ2n) is 8.36. The van der Waals surface area contributed by atoms with Crippen LogP contribution in [0.4, 0.5) is 0 Å². The number of aryl methyl sites for hydroxylation is 3. The van der Waals surface area contributed by atoms with E-state index in [9.17, 15) is 9.59 Å². The molecule has 5 heteroatoms. The summed E-state index contributed by atoms with van der Waals surface area (Å²) >= 11 is 0. The Morgan fingerprint density at radius 1 is 0.968 bits per heavy atom. The smallest absolute Gasteiger partial charge is 0.261 e. The number of hydrogen-bond donors (Lipinski definition) is 1. The van der Waals surface area contributed by atoms with Crippen molar-refractivity contribution < 1.29 is 14.3 Å². The third-order valence-electron chi connectivity index (χ3n) is 5.38. The van der Waals surface area contributed by atoms with Crippen molar-refractivity contribution in [3.05, 3.63) is 64.7 Å². The fraction of sp³-hybridized carbons (Fsp3) is 0.462. The van der Waals surface area contributed by atoms with Crippen LogP contribution in [0, 0.1) is 20.8 Å². The van der Waals surface area contributed by atoms with E-state index in [4.69, 9.17) is 4.74 Å². The molecule has 5 nitrogen and oxygen atoms in total. The molecule has 0 aliphatic heterocycles. The summed E-state index contributed by atoms with van der Waals surface area (Å²) in [6, 6.07) is 13.4. The molecular weight excluding hydrogens is 388 g/mol. The number of hydrogen-bond acceptors (Lipinski definition) is 3. The van der Waals surface area contributed by atoms with Crippen LogP contribution in [-0.4, -0.2) is 35.4 Å². The fourth-order valence-corrected chi connectivity index (χ4v) is 3.61. The summed E-state index contributed by atoms with van der Waals surface area (Å²) in [7, 11) is 0. The summed E-state index contributed by atoms with van der Waals surface area (Å²) in [5.41, 5.74) is 4.28. The highest BCUT2D eigenvalue weighted by atomic mass is 16.5.